The van der Waals surface area contributed by atoms with Gasteiger partial charge in [-0.3, -0.25) is 0 Å². The molecule has 24 heavy (non-hydrogen) atoms. The highest BCUT2D eigenvalue weighted by atomic mass is 14.7. The smallest absolute Gasteiger partial charge is 0.0238 e. The van der Waals surface area contributed by atoms with Crippen LogP contribution in [-0.4, -0.2) is 0 Å². The Bertz CT molecular complexity index is 467. The Kier molecular flexibility index (Phi) is 4.37. The van der Waals surface area contributed by atoms with Gasteiger partial charge in [0.15, 0.2) is 0 Å². The van der Waals surface area contributed by atoms with Crippen LogP contribution in [-0.2, 0) is 0 Å². The molecule has 4 unspecified atom stereocenters. The molecule has 0 amide bonds. The average Bonchev–Trinajstić information content (AvgIpc) is 2.97. The highest BCUT2D eigenvalue weighted by Gasteiger charge is 2.63. The van der Waals surface area contributed by atoms with Crippen molar-refractivity contribution >= 4 is 0 Å². The first-order valence-electron chi connectivity index (χ1n) is 11.5. The lowest BCUT2D eigenvalue weighted by Crippen LogP contribution is -2.59. The van der Waals surface area contributed by atoms with Crippen LogP contribution < -0.4 is 0 Å². The Morgan fingerprint density at radius 3 is 2.38 bits per heavy atom. The molecule has 4 fully saturated rings. The van der Waals surface area contributed by atoms with E-state index in [9.17, 15) is 0 Å². The number of fused-ring (bicyclic) bond motifs is 5. The van der Waals surface area contributed by atoms with Crippen molar-refractivity contribution in [2.45, 2.75) is 111 Å². The van der Waals surface area contributed by atoms with Gasteiger partial charge < -0.3 is 0 Å². The van der Waals surface area contributed by atoms with Crippen molar-refractivity contribution in [2.24, 2.45) is 39.9 Å². The molecule has 0 aromatic rings. The van der Waals surface area contributed by atoms with Crippen molar-refractivity contribution in [1.82, 2.24) is 0 Å². The van der Waals surface area contributed by atoms with Crippen LogP contribution in [0.5, 0.6) is 0 Å². The molecule has 4 saturated carbocycles. The van der Waals surface area contributed by atoms with Crippen molar-refractivity contribution < 1.29 is 0 Å². The fourth-order valence-electron chi connectivity index (χ4n) is 9.03. The van der Waals surface area contributed by atoms with Gasteiger partial charge in [-0.1, -0.05) is 59.8 Å². The van der Waals surface area contributed by atoms with E-state index >= 15 is 0 Å². The predicted octanol–water partition coefficient (Wildman–Crippen LogP) is 7.62. The van der Waals surface area contributed by atoms with Gasteiger partial charge in [0.05, 0.1) is 0 Å². The summed E-state index contributed by atoms with van der Waals surface area (Å²) in [5.74, 6) is 4.25. The van der Waals surface area contributed by atoms with Crippen molar-refractivity contribution in [3.8, 4) is 0 Å². The quantitative estimate of drug-likeness (QED) is 0.499. The minimum Gasteiger partial charge on any atom is -0.0654 e. The molecule has 4 aliphatic rings. The van der Waals surface area contributed by atoms with E-state index in [-0.39, 0.29) is 0 Å². The third-order valence-electron chi connectivity index (χ3n) is 10.3. The molecule has 0 heterocycles. The summed E-state index contributed by atoms with van der Waals surface area (Å²) in [7, 11) is 0. The summed E-state index contributed by atoms with van der Waals surface area (Å²) in [6.07, 6.45) is 19.8. The first-order valence-corrected chi connectivity index (χ1v) is 11.5. The zero-order valence-electron chi connectivity index (χ0n) is 17.0. The minimum atomic E-state index is 0.666. The van der Waals surface area contributed by atoms with Crippen molar-refractivity contribution in [1.29, 1.82) is 0 Å². The second-order valence-corrected chi connectivity index (χ2v) is 10.9. The van der Waals surface area contributed by atoms with E-state index in [4.69, 9.17) is 0 Å². The summed E-state index contributed by atoms with van der Waals surface area (Å²) in [5.41, 5.74) is 2.07. The van der Waals surface area contributed by atoms with Crippen LogP contribution in [0.25, 0.3) is 0 Å². The lowest BCUT2D eigenvalue weighted by Gasteiger charge is -2.67. The van der Waals surface area contributed by atoms with Gasteiger partial charge in [0.1, 0.15) is 0 Å². The first-order chi connectivity index (χ1) is 11.5. The number of hydrogen-bond acceptors (Lipinski definition) is 0. The number of hydrogen-bond donors (Lipinski definition) is 0. The zero-order valence-corrected chi connectivity index (χ0v) is 17.0. The molecule has 0 radical (unpaired) electrons. The van der Waals surface area contributed by atoms with E-state index in [1.54, 1.807) is 38.5 Å². The van der Waals surface area contributed by atoms with E-state index in [0.717, 1.165) is 23.7 Å². The second kappa shape index (κ2) is 6.02. The molecule has 0 heteroatoms. The van der Waals surface area contributed by atoms with Gasteiger partial charge in [0.2, 0.25) is 0 Å². The Morgan fingerprint density at radius 1 is 0.833 bits per heavy atom. The van der Waals surface area contributed by atoms with Gasteiger partial charge in [0.25, 0.3) is 0 Å². The molecular weight excluding hydrogens is 288 g/mol. The van der Waals surface area contributed by atoms with E-state index < -0.39 is 0 Å². The largest absolute Gasteiger partial charge is 0.0654 e. The number of rotatable bonds is 3. The monoisotopic (exact) mass is 330 g/mol. The van der Waals surface area contributed by atoms with Gasteiger partial charge in [-0.15, -0.1) is 0 Å². The summed E-state index contributed by atoms with van der Waals surface area (Å²) < 4.78 is 0. The summed E-state index contributed by atoms with van der Waals surface area (Å²) in [4.78, 5) is 0. The van der Waals surface area contributed by atoms with Crippen molar-refractivity contribution in [3.63, 3.8) is 0 Å². The first kappa shape index (κ1) is 17.4. The topological polar surface area (TPSA) is 0 Å². The molecule has 0 aromatic heterocycles. The predicted molar refractivity (Wildman–Crippen MR) is 104 cm³/mol. The molecule has 4 aliphatic carbocycles. The van der Waals surface area contributed by atoms with Crippen molar-refractivity contribution in [3.05, 3.63) is 0 Å². The Morgan fingerprint density at radius 2 is 1.62 bits per heavy atom. The minimum absolute atomic E-state index is 0.666. The SMILES string of the molecule is CCCC1C[C@@]2(CC)CCCC[C@]2(C)C2CC[C@]3(C)CCCC3C12. The van der Waals surface area contributed by atoms with Crippen LogP contribution in [0, 0.1) is 39.9 Å². The van der Waals surface area contributed by atoms with E-state index in [1.165, 1.54) is 44.9 Å². The fraction of sp³-hybridized carbons (Fsp3) is 1.00. The van der Waals surface area contributed by atoms with E-state index in [0.29, 0.717) is 16.2 Å². The average molecular weight is 331 g/mol. The molecule has 4 rings (SSSR count). The summed E-state index contributed by atoms with van der Waals surface area (Å²) >= 11 is 0. The molecule has 138 valence electrons. The van der Waals surface area contributed by atoms with Crippen LogP contribution in [0.1, 0.15) is 111 Å². The highest BCUT2D eigenvalue weighted by Crippen LogP contribution is 2.72. The lowest BCUT2D eigenvalue weighted by molar-refractivity contribution is -0.183. The lowest BCUT2D eigenvalue weighted by atomic mass is 9.37. The zero-order chi connectivity index (χ0) is 17.0. The molecule has 0 N–H and O–H groups in total. The van der Waals surface area contributed by atoms with Crippen molar-refractivity contribution in [2.75, 3.05) is 0 Å². The summed E-state index contributed by atoms with van der Waals surface area (Å²) in [5, 5.41) is 0. The van der Waals surface area contributed by atoms with Gasteiger partial charge in [-0.25, -0.2) is 0 Å². The maximum Gasteiger partial charge on any atom is -0.0238 e. The maximum atomic E-state index is 2.77. The fourth-order valence-corrected chi connectivity index (χ4v) is 9.03. The molecule has 0 aliphatic heterocycles. The molecule has 0 saturated heterocycles. The van der Waals surface area contributed by atoms with Gasteiger partial charge in [-0.2, -0.15) is 0 Å². The molecule has 0 nitrogen and oxygen atoms in total. The summed E-state index contributed by atoms with van der Waals surface area (Å²) in [6, 6.07) is 0. The normalized spacial score (nSPS) is 54.0. The Hall–Kier alpha value is 0. The molecule has 0 aromatic carbocycles. The standard InChI is InChI=1S/C24H42/c1-5-10-18-17-24(6-2)15-8-7-14-23(24,4)20-12-16-22(3)13-9-11-19(22)21(18)20/h18-21H,5-17H2,1-4H3/t18?,19?,20?,21?,22-,23+,24+/m0/s1. The van der Waals surface area contributed by atoms with Gasteiger partial charge in [0, 0.05) is 0 Å². The van der Waals surface area contributed by atoms with Crippen LogP contribution in [0.3, 0.4) is 0 Å². The van der Waals surface area contributed by atoms with E-state index in [2.05, 4.69) is 27.7 Å². The molecule has 0 spiro atoms. The van der Waals surface area contributed by atoms with Crippen LogP contribution in [0.2, 0.25) is 0 Å². The Labute approximate surface area is 151 Å². The Balaban J connectivity index is 1.75. The molecule has 0 bridgehead atoms. The van der Waals surface area contributed by atoms with Crippen LogP contribution in [0.15, 0.2) is 0 Å². The highest BCUT2D eigenvalue weighted by molar-refractivity contribution is 5.13. The third-order valence-corrected chi connectivity index (χ3v) is 10.3. The van der Waals surface area contributed by atoms with Crippen LogP contribution in [0.4, 0.5) is 0 Å². The van der Waals surface area contributed by atoms with E-state index in [1.807, 2.05) is 0 Å². The molecular formula is C24H42. The van der Waals surface area contributed by atoms with Crippen LogP contribution >= 0.6 is 0 Å². The van der Waals surface area contributed by atoms with Gasteiger partial charge in [-0.05, 0) is 91.3 Å². The third kappa shape index (κ3) is 2.23. The maximum absolute atomic E-state index is 2.77. The summed E-state index contributed by atoms with van der Waals surface area (Å²) in [6.45, 7) is 10.4. The van der Waals surface area contributed by atoms with Gasteiger partial charge >= 0.3 is 0 Å². The molecule has 7 atom stereocenters. The second-order valence-electron chi connectivity index (χ2n) is 10.9.